The Bertz CT molecular complexity index is 1100. The van der Waals surface area contributed by atoms with E-state index in [0.29, 0.717) is 21.8 Å². The number of carbonyl (C=O) groups is 4. The number of benzene rings is 1. The van der Waals surface area contributed by atoms with E-state index in [1.54, 1.807) is 18.2 Å². The summed E-state index contributed by atoms with van der Waals surface area (Å²) in [7, 11) is 0. The number of primary amides is 1. The van der Waals surface area contributed by atoms with Crippen LogP contribution >= 0.6 is 11.3 Å². The minimum Gasteiger partial charge on any atom is -0.456 e. The first-order valence-electron chi connectivity index (χ1n) is 10.4. The van der Waals surface area contributed by atoms with Gasteiger partial charge >= 0.3 is 5.97 Å². The molecule has 0 fully saturated rings. The van der Waals surface area contributed by atoms with Gasteiger partial charge < -0.3 is 20.7 Å². The lowest BCUT2D eigenvalue weighted by atomic mass is 9.95. The van der Waals surface area contributed by atoms with Gasteiger partial charge in [-0.1, -0.05) is 24.8 Å². The number of nitrogens with zero attached hydrogens (tertiary/aromatic N) is 1. The predicted octanol–water partition coefficient (Wildman–Crippen LogP) is 2.72. The Morgan fingerprint density at radius 1 is 1.16 bits per heavy atom. The summed E-state index contributed by atoms with van der Waals surface area (Å²) in [4.78, 5) is 51.3. The highest BCUT2D eigenvalue weighted by molar-refractivity contribution is 7.17. The molecule has 166 valence electrons. The second-order valence-electron chi connectivity index (χ2n) is 7.69. The number of nitrogens with one attached hydrogen (secondary N) is 1. The molecular formula is C23H23N3O5S. The number of rotatable bonds is 7. The molecule has 32 heavy (non-hydrogen) atoms. The molecule has 0 saturated carbocycles. The average Bonchev–Trinajstić information content (AvgIpc) is 3.26. The van der Waals surface area contributed by atoms with Gasteiger partial charge in [0.05, 0.1) is 12.0 Å². The monoisotopic (exact) mass is 453 g/mol. The van der Waals surface area contributed by atoms with E-state index < -0.39 is 24.4 Å². The van der Waals surface area contributed by atoms with E-state index in [2.05, 4.69) is 11.9 Å². The highest BCUT2D eigenvalue weighted by Crippen LogP contribution is 2.38. The molecule has 0 radical (unpaired) electrons. The molecule has 1 aliphatic heterocycles. The summed E-state index contributed by atoms with van der Waals surface area (Å²) in [6.45, 7) is 3.54. The molecule has 1 aliphatic carbocycles. The highest BCUT2D eigenvalue weighted by Gasteiger charge is 2.31. The molecule has 2 aromatic rings. The Balaban J connectivity index is 1.29. The lowest BCUT2D eigenvalue weighted by Crippen LogP contribution is -2.27. The number of aryl methyl sites for hydroxylation is 1. The highest BCUT2D eigenvalue weighted by atomic mass is 32.1. The largest absolute Gasteiger partial charge is 0.456 e. The average molecular weight is 454 g/mol. The Labute approximate surface area is 189 Å². The van der Waals surface area contributed by atoms with E-state index in [9.17, 15) is 19.2 Å². The van der Waals surface area contributed by atoms with Gasteiger partial charge in [-0.25, -0.2) is 0 Å². The molecule has 4 rings (SSSR count). The number of nitrogens with two attached hydrogens (primary N) is 1. The van der Waals surface area contributed by atoms with Crippen molar-refractivity contribution in [3.8, 4) is 0 Å². The number of fused-ring (bicyclic) bond motifs is 2. The van der Waals surface area contributed by atoms with Crippen LogP contribution in [0.1, 0.15) is 56.0 Å². The van der Waals surface area contributed by atoms with Crippen molar-refractivity contribution in [1.82, 2.24) is 4.90 Å². The molecule has 0 saturated heterocycles. The maximum atomic E-state index is 12.5. The van der Waals surface area contributed by atoms with Crippen LogP contribution in [-0.2, 0) is 27.2 Å². The number of esters is 1. The zero-order valence-electron chi connectivity index (χ0n) is 17.4. The van der Waals surface area contributed by atoms with Crippen molar-refractivity contribution in [2.75, 3.05) is 18.5 Å². The number of thiophene rings is 1. The third-order valence-corrected chi connectivity index (χ3v) is 6.82. The third kappa shape index (κ3) is 4.16. The lowest BCUT2D eigenvalue weighted by molar-refractivity contribution is -0.147. The smallest absolute Gasteiger partial charge is 0.308 e. The quantitative estimate of drug-likeness (QED) is 0.625. The molecule has 1 aromatic heterocycles. The summed E-state index contributed by atoms with van der Waals surface area (Å²) in [6.07, 6.45) is 3.56. The molecule has 8 nitrogen and oxygen atoms in total. The van der Waals surface area contributed by atoms with Crippen LogP contribution in [0.3, 0.4) is 0 Å². The van der Waals surface area contributed by atoms with Crippen LogP contribution in [-0.4, -0.2) is 41.7 Å². The standard InChI is InChI=1S/C23H23N3O5S/c1-13-14-6-2-3-7-15(14)23(30)26(13)11-10-19(28)31-12-18(27)25-22-20(21(24)29)16-8-4-5-9-17(16)32-22/h2-3,6-7H,1,4-5,8-12H2,(H2,24,29)(H,25,27). The van der Waals surface area contributed by atoms with Crippen LogP contribution in [0.2, 0.25) is 0 Å². The summed E-state index contributed by atoms with van der Waals surface area (Å²) >= 11 is 1.35. The predicted molar refractivity (Wildman–Crippen MR) is 120 cm³/mol. The van der Waals surface area contributed by atoms with E-state index in [0.717, 1.165) is 41.7 Å². The van der Waals surface area contributed by atoms with E-state index in [1.807, 2.05) is 6.07 Å². The van der Waals surface area contributed by atoms with E-state index in [-0.39, 0.29) is 18.9 Å². The molecular weight excluding hydrogens is 430 g/mol. The van der Waals surface area contributed by atoms with Crippen LogP contribution in [0.4, 0.5) is 5.00 Å². The summed E-state index contributed by atoms with van der Waals surface area (Å²) in [6, 6.07) is 7.12. The van der Waals surface area contributed by atoms with Gasteiger partial charge in [-0.3, -0.25) is 19.2 Å². The van der Waals surface area contributed by atoms with Crippen LogP contribution < -0.4 is 11.1 Å². The van der Waals surface area contributed by atoms with Gasteiger partial charge in [-0.05, 0) is 37.3 Å². The number of amides is 3. The van der Waals surface area contributed by atoms with Crippen LogP contribution in [0.5, 0.6) is 0 Å². The fourth-order valence-electron chi connectivity index (χ4n) is 4.07. The van der Waals surface area contributed by atoms with Gasteiger partial charge in [0, 0.05) is 28.2 Å². The summed E-state index contributed by atoms with van der Waals surface area (Å²) < 4.78 is 5.06. The summed E-state index contributed by atoms with van der Waals surface area (Å²) in [5.41, 5.74) is 8.63. The molecule has 3 amide bonds. The molecule has 0 atom stereocenters. The second-order valence-corrected chi connectivity index (χ2v) is 8.79. The summed E-state index contributed by atoms with van der Waals surface area (Å²) in [5, 5.41) is 3.06. The molecule has 0 spiro atoms. The number of hydrogen-bond acceptors (Lipinski definition) is 6. The number of hydrogen-bond donors (Lipinski definition) is 2. The van der Waals surface area contributed by atoms with Crippen LogP contribution in [0.25, 0.3) is 5.70 Å². The minimum absolute atomic E-state index is 0.0775. The zero-order valence-corrected chi connectivity index (χ0v) is 18.3. The normalized spacial score (nSPS) is 14.7. The number of anilines is 1. The molecule has 1 aromatic carbocycles. The summed E-state index contributed by atoms with van der Waals surface area (Å²) in [5.74, 6) is -1.95. The molecule has 9 heteroatoms. The lowest BCUT2D eigenvalue weighted by Gasteiger charge is -2.16. The zero-order chi connectivity index (χ0) is 22.8. The van der Waals surface area contributed by atoms with Gasteiger partial charge in [0.1, 0.15) is 5.00 Å². The third-order valence-electron chi connectivity index (χ3n) is 5.61. The topological polar surface area (TPSA) is 119 Å². The van der Waals surface area contributed by atoms with Gasteiger partial charge in [-0.2, -0.15) is 0 Å². The maximum Gasteiger partial charge on any atom is 0.308 e. The van der Waals surface area contributed by atoms with Crippen LogP contribution in [0.15, 0.2) is 30.8 Å². The fraction of sp³-hybridized carbons (Fsp3) is 0.304. The van der Waals surface area contributed by atoms with Crippen molar-refractivity contribution in [2.45, 2.75) is 32.1 Å². The van der Waals surface area contributed by atoms with E-state index >= 15 is 0 Å². The molecule has 3 N–H and O–H groups in total. The molecule has 0 bridgehead atoms. The van der Waals surface area contributed by atoms with Gasteiger partial charge in [-0.15, -0.1) is 11.3 Å². The van der Waals surface area contributed by atoms with Gasteiger partial charge in [0.25, 0.3) is 17.7 Å². The van der Waals surface area contributed by atoms with Crippen molar-refractivity contribution < 1.29 is 23.9 Å². The second kappa shape index (κ2) is 8.96. The first-order chi connectivity index (χ1) is 15.4. The van der Waals surface area contributed by atoms with Gasteiger partial charge in [0.15, 0.2) is 6.61 Å². The SMILES string of the molecule is C=C1c2ccccc2C(=O)N1CCC(=O)OCC(=O)Nc1sc2c(c1C(N)=O)CCCC2. The molecule has 2 aliphatic rings. The van der Waals surface area contributed by atoms with Crippen molar-refractivity contribution >= 4 is 45.7 Å². The molecule has 2 heterocycles. The van der Waals surface area contributed by atoms with Crippen molar-refractivity contribution in [3.63, 3.8) is 0 Å². The Hall–Kier alpha value is -3.46. The minimum atomic E-state index is -0.614. The first-order valence-corrected chi connectivity index (χ1v) is 11.2. The maximum absolute atomic E-state index is 12.5. The van der Waals surface area contributed by atoms with E-state index in [4.69, 9.17) is 10.5 Å². The van der Waals surface area contributed by atoms with Crippen LogP contribution in [0, 0.1) is 0 Å². The van der Waals surface area contributed by atoms with Crippen molar-refractivity contribution in [2.24, 2.45) is 5.73 Å². The number of ether oxygens (including phenoxy) is 1. The Kier molecular flexibility index (Phi) is 6.09. The van der Waals surface area contributed by atoms with Crippen molar-refractivity contribution in [3.05, 3.63) is 58.0 Å². The number of carbonyl (C=O) groups excluding carboxylic acids is 4. The van der Waals surface area contributed by atoms with E-state index in [1.165, 1.54) is 16.2 Å². The van der Waals surface area contributed by atoms with Gasteiger partial charge in [0.2, 0.25) is 0 Å². The fourth-order valence-corrected chi connectivity index (χ4v) is 5.38. The van der Waals surface area contributed by atoms with Crippen molar-refractivity contribution in [1.29, 1.82) is 0 Å². The Morgan fingerprint density at radius 2 is 1.88 bits per heavy atom. The Morgan fingerprint density at radius 3 is 2.59 bits per heavy atom. The first kappa shape index (κ1) is 21.8. The molecule has 0 unspecified atom stereocenters.